The van der Waals surface area contributed by atoms with Gasteiger partial charge in [0.25, 0.3) is 0 Å². The second-order valence-corrected chi connectivity index (χ2v) is 5.74. The largest absolute Gasteiger partial charge is 0.383 e. The maximum atomic E-state index is 6.38. The number of nitrogen functional groups attached to an aromatic ring is 1. The molecule has 1 aromatic carbocycles. The predicted octanol–water partition coefficient (Wildman–Crippen LogP) is 4.12. The fourth-order valence-corrected chi connectivity index (χ4v) is 3.35. The molecule has 1 heterocycles. The predicted molar refractivity (Wildman–Crippen MR) is 83.7 cm³/mol. The minimum absolute atomic E-state index is 0.593. The van der Waals surface area contributed by atoms with Crippen LogP contribution in [0.15, 0.2) is 24.3 Å². The summed E-state index contributed by atoms with van der Waals surface area (Å²) in [6, 6.07) is 8.35. The fourth-order valence-electron chi connectivity index (χ4n) is 3.35. The number of aryl methyl sites for hydroxylation is 1. The van der Waals surface area contributed by atoms with Gasteiger partial charge in [-0.15, -0.1) is 0 Å². The lowest BCUT2D eigenvalue weighted by Crippen LogP contribution is -2.08. The molecule has 3 rings (SSSR count). The molecule has 1 fully saturated rings. The quantitative estimate of drug-likeness (QED) is 0.911. The fraction of sp³-hybridized carbons (Fsp3) is 0.471. The Balaban J connectivity index is 2.11. The van der Waals surface area contributed by atoms with E-state index in [2.05, 4.69) is 42.7 Å². The van der Waals surface area contributed by atoms with E-state index in [0.29, 0.717) is 5.92 Å². The van der Waals surface area contributed by atoms with Crippen LogP contribution in [-0.2, 0) is 6.54 Å². The van der Waals surface area contributed by atoms with Gasteiger partial charge in [0.1, 0.15) is 17.3 Å². The average molecular weight is 269 g/mol. The van der Waals surface area contributed by atoms with Crippen LogP contribution < -0.4 is 5.73 Å². The van der Waals surface area contributed by atoms with Gasteiger partial charge in [-0.1, -0.05) is 37.1 Å². The van der Waals surface area contributed by atoms with Crippen LogP contribution in [0.25, 0.3) is 11.3 Å². The van der Waals surface area contributed by atoms with Gasteiger partial charge in [-0.2, -0.15) is 0 Å². The summed E-state index contributed by atoms with van der Waals surface area (Å²) in [5.41, 5.74) is 9.75. The molecule has 1 saturated carbocycles. The normalized spacial score (nSPS) is 15.9. The van der Waals surface area contributed by atoms with Crippen molar-refractivity contribution in [3.05, 3.63) is 35.7 Å². The van der Waals surface area contributed by atoms with Gasteiger partial charge >= 0.3 is 0 Å². The number of imidazole rings is 1. The smallest absolute Gasteiger partial charge is 0.131 e. The maximum Gasteiger partial charge on any atom is 0.131 e. The zero-order chi connectivity index (χ0) is 14.1. The number of nitrogens with zero attached hydrogens (tertiary/aromatic N) is 2. The van der Waals surface area contributed by atoms with E-state index in [-0.39, 0.29) is 0 Å². The molecular formula is C17H23N3. The molecule has 0 bridgehead atoms. The third-order valence-electron chi connectivity index (χ3n) is 4.47. The number of anilines is 1. The molecule has 106 valence electrons. The van der Waals surface area contributed by atoms with Gasteiger partial charge in [-0.05, 0) is 32.3 Å². The lowest BCUT2D eigenvalue weighted by Gasteiger charge is -2.11. The molecular weight excluding hydrogens is 246 g/mol. The number of aromatic nitrogens is 2. The Morgan fingerprint density at radius 3 is 2.60 bits per heavy atom. The Morgan fingerprint density at radius 1 is 1.25 bits per heavy atom. The standard InChI is InChI=1S/C17H23N3/c1-3-20-16(18)15(14-11-7-4-8-12(14)2)19-17(20)13-9-5-6-10-13/h4,7-8,11,13H,3,5-6,9-10,18H2,1-2H3. The third-order valence-corrected chi connectivity index (χ3v) is 4.47. The van der Waals surface area contributed by atoms with E-state index < -0.39 is 0 Å². The summed E-state index contributed by atoms with van der Waals surface area (Å²) in [6.07, 6.45) is 5.15. The highest BCUT2D eigenvalue weighted by Gasteiger charge is 2.25. The van der Waals surface area contributed by atoms with Crippen LogP contribution in [0.2, 0.25) is 0 Å². The first-order valence-electron chi connectivity index (χ1n) is 7.64. The monoisotopic (exact) mass is 269 g/mol. The maximum absolute atomic E-state index is 6.38. The molecule has 3 nitrogen and oxygen atoms in total. The molecule has 1 aromatic heterocycles. The number of nitrogens with two attached hydrogens (primary N) is 1. The number of rotatable bonds is 3. The van der Waals surface area contributed by atoms with Crippen molar-refractivity contribution in [2.75, 3.05) is 5.73 Å². The van der Waals surface area contributed by atoms with Gasteiger partial charge in [-0.3, -0.25) is 0 Å². The van der Waals surface area contributed by atoms with Crippen molar-refractivity contribution in [3.63, 3.8) is 0 Å². The molecule has 0 atom stereocenters. The highest BCUT2D eigenvalue weighted by atomic mass is 15.1. The second-order valence-electron chi connectivity index (χ2n) is 5.74. The second kappa shape index (κ2) is 5.31. The highest BCUT2D eigenvalue weighted by molar-refractivity contribution is 5.73. The molecule has 3 heteroatoms. The van der Waals surface area contributed by atoms with Crippen LogP contribution >= 0.6 is 0 Å². The summed E-state index contributed by atoms with van der Waals surface area (Å²) >= 11 is 0. The van der Waals surface area contributed by atoms with E-state index in [1.807, 2.05) is 0 Å². The molecule has 0 amide bonds. The van der Waals surface area contributed by atoms with E-state index in [1.165, 1.54) is 37.1 Å². The summed E-state index contributed by atoms with van der Waals surface area (Å²) in [5.74, 6) is 2.61. The van der Waals surface area contributed by atoms with Crippen molar-refractivity contribution in [1.29, 1.82) is 0 Å². The SMILES string of the molecule is CCn1c(C2CCCC2)nc(-c2ccccc2C)c1N. The minimum atomic E-state index is 0.593. The lowest BCUT2D eigenvalue weighted by atomic mass is 10.1. The molecule has 0 saturated heterocycles. The van der Waals surface area contributed by atoms with Gasteiger partial charge in [0.05, 0.1) is 0 Å². The molecule has 0 unspecified atom stereocenters. The van der Waals surface area contributed by atoms with Crippen molar-refractivity contribution in [1.82, 2.24) is 9.55 Å². The van der Waals surface area contributed by atoms with Crippen molar-refractivity contribution in [2.24, 2.45) is 0 Å². The highest BCUT2D eigenvalue weighted by Crippen LogP contribution is 2.37. The summed E-state index contributed by atoms with van der Waals surface area (Å²) in [4.78, 5) is 4.93. The first-order valence-corrected chi connectivity index (χ1v) is 7.64. The van der Waals surface area contributed by atoms with Gasteiger partial charge in [0.2, 0.25) is 0 Å². The van der Waals surface area contributed by atoms with Crippen LogP contribution in [0.1, 0.15) is 49.9 Å². The Morgan fingerprint density at radius 2 is 1.95 bits per heavy atom. The van der Waals surface area contributed by atoms with Crippen LogP contribution in [0.3, 0.4) is 0 Å². The van der Waals surface area contributed by atoms with Crippen molar-refractivity contribution < 1.29 is 0 Å². The average Bonchev–Trinajstić information content (AvgIpc) is 3.07. The van der Waals surface area contributed by atoms with Crippen LogP contribution in [0.4, 0.5) is 5.82 Å². The number of hydrogen-bond acceptors (Lipinski definition) is 2. The van der Waals surface area contributed by atoms with Crippen LogP contribution in [0, 0.1) is 6.92 Å². The zero-order valence-corrected chi connectivity index (χ0v) is 12.4. The third kappa shape index (κ3) is 2.11. The summed E-state index contributed by atoms with van der Waals surface area (Å²) in [7, 11) is 0. The van der Waals surface area contributed by atoms with E-state index in [4.69, 9.17) is 10.7 Å². The molecule has 2 N–H and O–H groups in total. The molecule has 1 aliphatic carbocycles. The molecule has 2 aromatic rings. The Labute approximate surface area is 120 Å². The van der Waals surface area contributed by atoms with Crippen LogP contribution in [-0.4, -0.2) is 9.55 Å². The van der Waals surface area contributed by atoms with Crippen LogP contribution in [0.5, 0.6) is 0 Å². The van der Waals surface area contributed by atoms with Crippen molar-refractivity contribution in [2.45, 2.75) is 52.0 Å². The summed E-state index contributed by atoms with van der Waals surface area (Å²) in [5, 5.41) is 0. The first-order chi connectivity index (χ1) is 9.72. The minimum Gasteiger partial charge on any atom is -0.383 e. The van der Waals surface area contributed by atoms with Crippen molar-refractivity contribution >= 4 is 5.82 Å². The first kappa shape index (κ1) is 13.2. The lowest BCUT2D eigenvalue weighted by molar-refractivity contribution is 0.604. The van der Waals surface area contributed by atoms with Crippen molar-refractivity contribution in [3.8, 4) is 11.3 Å². The Kier molecular flexibility index (Phi) is 3.51. The Bertz CT molecular complexity index is 607. The van der Waals surface area contributed by atoms with Gasteiger partial charge in [0.15, 0.2) is 0 Å². The molecule has 0 aliphatic heterocycles. The van der Waals surface area contributed by atoms with E-state index in [9.17, 15) is 0 Å². The van der Waals surface area contributed by atoms with E-state index in [0.717, 1.165) is 23.6 Å². The van der Waals surface area contributed by atoms with E-state index in [1.54, 1.807) is 0 Å². The van der Waals surface area contributed by atoms with Gasteiger partial charge < -0.3 is 10.3 Å². The number of hydrogen-bond donors (Lipinski definition) is 1. The Hall–Kier alpha value is -1.77. The van der Waals surface area contributed by atoms with Gasteiger partial charge in [0, 0.05) is 18.0 Å². The molecule has 0 radical (unpaired) electrons. The molecule has 20 heavy (non-hydrogen) atoms. The molecule has 1 aliphatic rings. The number of benzene rings is 1. The topological polar surface area (TPSA) is 43.8 Å². The van der Waals surface area contributed by atoms with E-state index >= 15 is 0 Å². The molecule has 0 spiro atoms. The van der Waals surface area contributed by atoms with Gasteiger partial charge in [-0.25, -0.2) is 4.98 Å². The zero-order valence-electron chi connectivity index (χ0n) is 12.4. The summed E-state index contributed by atoms with van der Waals surface area (Å²) < 4.78 is 2.21. The summed E-state index contributed by atoms with van der Waals surface area (Å²) in [6.45, 7) is 5.17.